The summed E-state index contributed by atoms with van der Waals surface area (Å²) in [6.07, 6.45) is 4.32. The maximum absolute atomic E-state index is 13.3. The van der Waals surface area contributed by atoms with Crippen LogP contribution in [0.1, 0.15) is 48.8 Å². The van der Waals surface area contributed by atoms with Crippen LogP contribution in [-0.2, 0) is 42.0 Å². The molecule has 0 radical (unpaired) electrons. The summed E-state index contributed by atoms with van der Waals surface area (Å²) in [4.78, 5) is 33.0. The van der Waals surface area contributed by atoms with E-state index in [9.17, 15) is 9.59 Å². The number of benzene rings is 1. The summed E-state index contributed by atoms with van der Waals surface area (Å²) in [7, 11) is 0. The summed E-state index contributed by atoms with van der Waals surface area (Å²) in [5.74, 6) is 0.554. The van der Waals surface area contributed by atoms with Crippen LogP contribution in [0, 0.1) is 0 Å². The lowest BCUT2D eigenvalue weighted by Gasteiger charge is -2.29. The van der Waals surface area contributed by atoms with Crippen LogP contribution in [0.25, 0.3) is 0 Å². The van der Waals surface area contributed by atoms with Gasteiger partial charge in [0.15, 0.2) is 0 Å². The van der Waals surface area contributed by atoms with Crippen molar-refractivity contribution in [2.75, 3.05) is 19.7 Å². The first-order chi connectivity index (χ1) is 15.1. The van der Waals surface area contributed by atoms with Gasteiger partial charge in [-0.3, -0.25) is 19.1 Å². The second kappa shape index (κ2) is 10.2. The molecule has 1 amide bonds. The van der Waals surface area contributed by atoms with Gasteiger partial charge in [0.2, 0.25) is 5.91 Å². The van der Waals surface area contributed by atoms with Crippen molar-refractivity contribution in [3.05, 3.63) is 63.3 Å². The minimum atomic E-state index is -0.154. The maximum atomic E-state index is 13.3. The SMILES string of the molecule is CCCc1nc2c(c(=O)n1CC(=O)NC[C@H]1CCCO1)CCN(Cc1ccccc1)C2. The molecule has 4 rings (SSSR count). The Bertz CT molecular complexity index is 951. The molecule has 1 fully saturated rings. The van der Waals surface area contributed by atoms with Crippen molar-refractivity contribution in [3.8, 4) is 0 Å². The van der Waals surface area contributed by atoms with Crippen molar-refractivity contribution < 1.29 is 9.53 Å². The zero-order valence-electron chi connectivity index (χ0n) is 18.3. The number of carbonyl (C=O) groups is 1. The Hall–Kier alpha value is -2.51. The van der Waals surface area contributed by atoms with E-state index in [1.807, 2.05) is 18.2 Å². The molecule has 1 N–H and O–H groups in total. The molecule has 0 aliphatic carbocycles. The molecule has 0 spiro atoms. The van der Waals surface area contributed by atoms with Crippen LogP contribution < -0.4 is 10.9 Å². The number of amides is 1. The molecule has 2 aromatic rings. The first-order valence-corrected chi connectivity index (χ1v) is 11.4. The van der Waals surface area contributed by atoms with Gasteiger partial charge in [-0.2, -0.15) is 0 Å². The highest BCUT2D eigenvalue weighted by molar-refractivity contribution is 5.75. The first kappa shape index (κ1) is 21.7. The van der Waals surface area contributed by atoms with Crippen molar-refractivity contribution in [1.82, 2.24) is 19.8 Å². The van der Waals surface area contributed by atoms with Gasteiger partial charge in [0.05, 0.1) is 11.8 Å². The lowest BCUT2D eigenvalue weighted by Crippen LogP contribution is -2.41. The molecular weight excluding hydrogens is 392 g/mol. The van der Waals surface area contributed by atoms with Crippen molar-refractivity contribution in [1.29, 1.82) is 0 Å². The lowest BCUT2D eigenvalue weighted by atomic mass is 10.0. The van der Waals surface area contributed by atoms with Crippen molar-refractivity contribution in [2.24, 2.45) is 0 Å². The molecule has 1 aromatic heterocycles. The maximum Gasteiger partial charge on any atom is 0.257 e. The predicted octanol–water partition coefficient (Wildman–Crippen LogP) is 2.05. The summed E-state index contributed by atoms with van der Waals surface area (Å²) in [5.41, 5.74) is 2.83. The number of carbonyl (C=O) groups excluding carboxylic acids is 1. The molecule has 7 nitrogen and oxygen atoms in total. The quantitative estimate of drug-likeness (QED) is 0.702. The number of aromatic nitrogens is 2. The summed E-state index contributed by atoms with van der Waals surface area (Å²) in [6, 6.07) is 10.4. The van der Waals surface area contributed by atoms with Crippen molar-refractivity contribution >= 4 is 5.91 Å². The minimum absolute atomic E-state index is 0.0227. The standard InChI is InChI=1S/C24H32N4O3/c1-2-7-22-26-21-16-27(15-18-8-4-3-5-9-18)12-11-20(21)24(30)28(22)17-23(29)25-14-19-10-6-13-31-19/h3-5,8-9,19H,2,6-7,10-17H2,1H3,(H,25,29)/t19-/m1/s1. The van der Waals surface area contributed by atoms with Gasteiger partial charge in [0, 0.05) is 44.8 Å². The molecule has 7 heteroatoms. The van der Waals surface area contributed by atoms with Gasteiger partial charge in [0.25, 0.3) is 5.56 Å². The van der Waals surface area contributed by atoms with Crippen LogP contribution in [0.3, 0.4) is 0 Å². The largest absolute Gasteiger partial charge is 0.376 e. The second-order valence-electron chi connectivity index (χ2n) is 8.48. The highest BCUT2D eigenvalue weighted by atomic mass is 16.5. The molecule has 2 aliphatic heterocycles. The highest BCUT2D eigenvalue weighted by Crippen LogP contribution is 2.18. The van der Waals surface area contributed by atoms with Crippen molar-refractivity contribution in [2.45, 2.75) is 64.8 Å². The summed E-state index contributed by atoms with van der Waals surface area (Å²) < 4.78 is 7.15. The fraction of sp³-hybridized carbons (Fsp3) is 0.542. The number of nitrogens with one attached hydrogen (secondary N) is 1. The zero-order valence-corrected chi connectivity index (χ0v) is 18.3. The Kier molecular flexibility index (Phi) is 7.14. The van der Waals surface area contributed by atoms with Gasteiger partial charge >= 0.3 is 0 Å². The summed E-state index contributed by atoms with van der Waals surface area (Å²) >= 11 is 0. The third-order valence-electron chi connectivity index (χ3n) is 6.05. The first-order valence-electron chi connectivity index (χ1n) is 11.4. The third-order valence-corrected chi connectivity index (χ3v) is 6.05. The Morgan fingerprint density at radius 1 is 1.29 bits per heavy atom. The molecule has 1 saturated heterocycles. The van der Waals surface area contributed by atoms with Crippen LogP contribution in [0.5, 0.6) is 0 Å². The van der Waals surface area contributed by atoms with Gasteiger partial charge in [-0.15, -0.1) is 0 Å². The normalized spacial score (nSPS) is 18.7. The van der Waals surface area contributed by atoms with E-state index in [2.05, 4.69) is 29.3 Å². The fourth-order valence-corrected chi connectivity index (χ4v) is 4.42. The number of rotatable bonds is 8. The van der Waals surface area contributed by atoms with Crippen LogP contribution in [0.2, 0.25) is 0 Å². The molecule has 2 aliphatic rings. The average Bonchev–Trinajstić information content (AvgIpc) is 3.29. The molecule has 31 heavy (non-hydrogen) atoms. The van der Waals surface area contributed by atoms with E-state index in [1.165, 1.54) is 5.56 Å². The molecule has 1 atom stereocenters. The molecule has 166 valence electrons. The summed E-state index contributed by atoms with van der Waals surface area (Å²) in [6.45, 7) is 5.68. The van der Waals surface area contributed by atoms with Crippen LogP contribution in [0.15, 0.2) is 35.1 Å². The Morgan fingerprint density at radius 3 is 2.87 bits per heavy atom. The van der Waals surface area contributed by atoms with Crippen LogP contribution in [0.4, 0.5) is 0 Å². The Morgan fingerprint density at radius 2 is 2.13 bits per heavy atom. The second-order valence-corrected chi connectivity index (χ2v) is 8.48. The number of hydrogen-bond donors (Lipinski definition) is 1. The fourth-order valence-electron chi connectivity index (χ4n) is 4.42. The molecule has 3 heterocycles. The lowest BCUT2D eigenvalue weighted by molar-refractivity contribution is -0.122. The smallest absolute Gasteiger partial charge is 0.257 e. The molecule has 1 aromatic carbocycles. The molecule has 0 saturated carbocycles. The number of aryl methyl sites for hydroxylation is 1. The van der Waals surface area contributed by atoms with E-state index in [1.54, 1.807) is 4.57 Å². The van der Waals surface area contributed by atoms with E-state index in [0.717, 1.165) is 50.2 Å². The number of ether oxygens (including phenoxy) is 1. The zero-order chi connectivity index (χ0) is 21.6. The minimum Gasteiger partial charge on any atom is -0.376 e. The Labute approximate surface area is 183 Å². The summed E-state index contributed by atoms with van der Waals surface area (Å²) in [5, 5.41) is 2.92. The van der Waals surface area contributed by atoms with Gasteiger partial charge in [-0.1, -0.05) is 37.3 Å². The number of hydrogen-bond acceptors (Lipinski definition) is 5. The molecule has 0 bridgehead atoms. The van der Waals surface area contributed by atoms with E-state index in [-0.39, 0.29) is 24.1 Å². The van der Waals surface area contributed by atoms with Crippen LogP contribution in [-0.4, -0.2) is 46.2 Å². The predicted molar refractivity (Wildman–Crippen MR) is 119 cm³/mol. The van der Waals surface area contributed by atoms with E-state index >= 15 is 0 Å². The number of nitrogens with zero attached hydrogens (tertiary/aromatic N) is 3. The Balaban J connectivity index is 1.48. The van der Waals surface area contributed by atoms with Crippen LogP contribution >= 0.6 is 0 Å². The third kappa shape index (κ3) is 5.40. The van der Waals surface area contributed by atoms with Gasteiger partial charge < -0.3 is 10.1 Å². The van der Waals surface area contributed by atoms with E-state index in [4.69, 9.17) is 9.72 Å². The van der Waals surface area contributed by atoms with E-state index in [0.29, 0.717) is 31.8 Å². The topological polar surface area (TPSA) is 76.5 Å². The highest BCUT2D eigenvalue weighted by Gasteiger charge is 2.24. The van der Waals surface area contributed by atoms with E-state index < -0.39 is 0 Å². The van der Waals surface area contributed by atoms with Gasteiger partial charge in [0.1, 0.15) is 12.4 Å². The average molecular weight is 425 g/mol. The monoisotopic (exact) mass is 424 g/mol. The molecule has 0 unspecified atom stereocenters. The number of fused-ring (bicyclic) bond motifs is 1. The molecular formula is C24H32N4O3. The van der Waals surface area contributed by atoms with Crippen molar-refractivity contribution in [3.63, 3.8) is 0 Å². The van der Waals surface area contributed by atoms with Gasteiger partial charge in [-0.05, 0) is 31.2 Å². The van der Waals surface area contributed by atoms with Gasteiger partial charge in [-0.25, -0.2) is 4.98 Å².